The Morgan fingerprint density at radius 2 is 1.76 bits per heavy atom. The maximum atomic E-state index is 12.5. The number of carbonyl (C=O) groups excluding carboxylic acids is 1. The molecule has 0 bridgehead atoms. The van der Waals surface area contributed by atoms with Gasteiger partial charge in [-0.05, 0) is 50.3 Å². The molecule has 1 aromatic carbocycles. The van der Waals surface area contributed by atoms with Crippen molar-refractivity contribution >= 4 is 27.3 Å². The second-order valence-corrected chi connectivity index (χ2v) is 9.01. The van der Waals surface area contributed by atoms with Gasteiger partial charge in [0, 0.05) is 43.5 Å². The number of sulfonamides is 1. The van der Waals surface area contributed by atoms with Crippen LogP contribution in [0, 0.1) is 5.92 Å². The summed E-state index contributed by atoms with van der Waals surface area (Å²) in [7, 11) is -3.16. The van der Waals surface area contributed by atoms with E-state index in [9.17, 15) is 13.2 Å². The molecular weight excluding hydrogens is 338 g/mol. The molecular formula is C18H27N3O3S. The van der Waals surface area contributed by atoms with Crippen LogP contribution in [0.25, 0.3) is 0 Å². The lowest BCUT2D eigenvalue weighted by atomic mass is 9.97. The predicted molar refractivity (Wildman–Crippen MR) is 100 cm³/mol. The highest BCUT2D eigenvalue weighted by molar-refractivity contribution is 7.88. The summed E-state index contributed by atoms with van der Waals surface area (Å²) in [5.74, 6) is -0.138. The van der Waals surface area contributed by atoms with Gasteiger partial charge in [0.1, 0.15) is 0 Å². The van der Waals surface area contributed by atoms with Gasteiger partial charge in [-0.1, -0.05) is 6.07 Å². The van der Waals surface area contributed by atoms with Crippen molar-refractivity contribution in [2.45, 2.75) is 32.1 Å². The van der Waals surface area contributed by atoms with Crippen LogP contribution in [0.3, 0.4) is 0 Å². The number of hydrogen-bond donors (Lipinski definition) is 1. The topological polar surface area (TPSA) is 69.7 Å². The molecule has 1 N–H and O–H groups in total. The first-order valence-electron chi connectivity index (χ1n) is 9.04. The Labute approximate surface area is 150 Å². The third-order valence-corrected chi connectivity index (χ3v) is 6.43. The summed E-state index contributed by atoms with van der Waals surface area (Å²) in [6, 6.07) is 8.02. The molecule has 2 heterocycles. The zero-order valence-electron chi connectivity index (χ0n) is 14.8. The SMILES string of the molecule is CS(=O)(=O)N1CCC(C(=O)Nc2cccc(N3CCCCC3)c2)CC1. The number of amides is 1. The van der Waals surface area contributed by atoms with E-state index >= 15 is 0 Å². The van der Waals surface area contributed by atoms with Gasteiger partial charge in [-0.3, -0.25) is 4.79 Å². The fourth-order valence-corrected chi connectivity index (χ4v) is 4.50. The molecule has 2 aliphatic heterocycles. The Morgan fingerprint density at radius 3 is 2.40 bits per heavy atom. The Hall–Kier alpha value is -1.60. The Bertz CT molecular complexity index is 706. The molecule has 3 rings (SSSR count). The summed E-state index contributed by atoms with van der Waals surface area (Å²) in [5.41, 5.74) is 1.98. The molecule has 6 nitrogen and oxygen atoms in total. The van der Waals surface area contributed by atoms with Gasteiger partial charge in [-0.15, -0.1) is 0 Å². The highest BCUT2D eigenvalue weighted by atomic mass is 32.2. The van der Waals surface area contributed by atoms with Gasteiger partial charge in [0.2, 0.25) is 15.9 Å². The molecule has 0 aliphatic carbocycles. The first-order chi connectivity index (χ1) is 11.9. The minimum atomic E-state index is -3.16. The standard InChI is InChI=1S/C18H27N3O3S/c1-25(23,24)21-12-8-15(9-13-21)18(22)19-16-6-5-7-17(14-16)20-10-3-2-4-11-20/h5-7,14-15H,2-4,8-13H2,1H3,(H,19,22). The van der Waals surface area contributed by atoms with Gasteiger partial charge in [0.05, 0.1) is 6.26 Å². The van der Waals surface area contributed by atoms with Crippen molar-refractivity contribution in [2.75, 3.05) is 42.7 Å². The number of carbonyl (C=O) groups is 1. The van der Waals surface area contributed by atoms with E-state index in [0.717, 1.165) is 24.5 Å². The minimum absolute atomic E-state index is 0.0102. The van der Waals surface area contributed by atoms with Crippen LogP contribution in [0.5, 0.6) is 0 Å². The zero-order valence-corrected chi connectivity index (χ0v) is 15.6. The molecule has 1 amide bonds. The molecule has 0 saturated carbocycles. The van der Waals surface area contributed by atoms with Crippen molar-refractivity contribution in [2.24, 2.45) is 5.92 Å². The van der Waals surface area contributed by atoms with Crippen LogP contribution < -0.4 is 10.2 Å². The maximum absolute atomic E-state index is 12.5. The van der Waals surface area contributed by atoms with Gasteiger partial charge in [0.15, 0.2) is 0 Å². The number of nitrogens with zero attached hydrogens (tertiary/aromatic N) is 2. The van der Waals surface area contributed by atoms with Gasteiger partial charge >= 0.3 is 0 Å². The minimum Gasteiger partial charge on any atom is -0.371 e. The number of rotatable bonds is 4. The molecule has 2 saturated heterocycles. The Kier molecular flexibility index (Phi) is 5.64. The van der Waals surface area contributed by atoms with E-state index in [0.29, 0.717) is 25.9 Å². The number of piperidine rings is 2. The van der Waals surface area contributed by atoms with Gasteiger partial charge in [-0.2, -0.15) is 0 Å². The fraction of sp³-hybridized carbons (Fsp3) is 0.611. The van der Waals surface area contributed by atoms with Crippen molar-refractivity contribution in [1.82, 2.24) is 4.31 Å². The molecule has 0 radical (unpaired) electrons. The first-order valence-corrected chi connectivity index (χ1v) is 10.9. The molecule has 0 aromatic heterocycles. The maximum Gasteiger partial charge on any atom is 0.227 e. The van der Waals surface area contributed by atoms with Crippen molar-refractivity contribution in [3.05, 3.63) is 24.3 Å². The second-order valence-electron chi connectivity index (χ2n) is 7.02. The van der Waals surface area contributed by atoms with E-state index in [-0.39, 0.29) is 11.8 Å². The smallest absolute Gasteiger partial charge is 0.227 e. The third-order valence-electron chi connectivity index (χ3n) is 5.13. The van der Waals surface area contributed by atoms with Crippen LogP contribution in [0.4, 0.5) is 11.4 Å². The lowest BCUT2D eigenvalue weighted by molar-refractivity contribution is -0.120. The van der Waals surface area contributed by atoms with E-state index in [1.54, 1.807) is 0 Å². The van der Waals surface area contributed by atoms with Crippen molar-refractivity contribution in [3.63, 3.8) is 0 Å². The molecule has 25 heavy (non-hydrogen) atoms. The van der Waals surface area contributed by atoms with E-state index in [4.69, 9.17) is 0 Å². The average Bonchev–Trinajstić information content (AvgIpc) is 2.62. The molecule has 138 valence electrons. The quantitative estimate of drug-likeness (QED) is 0.889. The predicted octanol–water partition coefficient (Wildman–Crippen LogP) is 2.29. The molecule has 0 spiro atoms. The van der Waals surface area contributed by atoms with Gasteiger partial charge < -0.3 is 10.2 Å². The highest BCUT2D eigenvalue weighted by Crippen LogP contribution is 2.25. The summed E-state index contributed by atoms with van der Waals surface area (Å²) >= 11 is 0. The van der Waals surface area contributed by atoms with Crippen molar-refractivity contribution < 1.29 is 13.2 Å². The van der Waals surface area contributed by atoms with E-state index in [2.05, 4.69) is 16.3 Å². The van der Waals surface area contributed by atoms with Crippen molar-refractivity contribution in [3.8, 4) is 0 Å². The Morgan fingerprint density at radius 1 is 1.08 bits per heavy atom. The third kappa shape index (κ3) is 4.73. The zero-order chi connectivity index (χ0) is 17.9. The summed E-state index contributed by atoms with van der Waals surface area (Å²) in [5, 5.41) is 3.01. The lowest BCUT2D eigenvalue weighted by Crippen LogP contribution is -2.40. The van der Waals surface area contributed by atoms with Crippen LogP contribution in [0.15, 0.2) is 24.3 Å². The lowest BCUT2D eigenvalue weighted by Gasteiger charge is -2.30. The highest BCUT2D eigenvalue weighted by Gasteiger charge is 2.29. The van der Waals surface area contributed by atoms with Crippen LogP contribution in [-0.2, 0) is 14.8 Å². The normalized spacial score (nSPS) is 20.4. The van der Waals surface area contributed by atoms with E-state index in [1.165, 1.54) is 29.8 Å². The molecule has 2 fully saturated rings. The van der Waals surface area contributed by atoms with Crippen LogP contribution in [0.2, 0.25) is 0 Å². The first kappa shape index (κ1) is 18.2. The number of benzene rings is 1. The second kappa shape index (κ2) is 7.74. The summed E-state index contributed by atoms with van der Waals surface area (Å²) < 4.78 is 24.6. The summed E-state index contributed by atoms with van der Waals surface area (Å²) in [4.78, 5) is 14.9. The van der Waals surface area contributed by atoms with Gasteiger partial charge in [-0.25, -0.2) is 12.7 Å². The van der Waals surface area contributed by atoms with E-state index < -0.39 is 10.0 Å². The molecule has 0 atom stereocenters. The molecule has 1 aromatic rings. The average molecular weight is 365 g/mol. The van der Waals surface area contributed by atoms with Gasteiger partial charge in [0.25, 0.3) is 0 Å². The molecule has 7 heteroatoms. The number of hydrogen-bond acceptors (Lipinski definition) is 4. The van der Waals surface area contributed by atoms with Crippen LogP contribution in [-0.4, -0.2) is 51.1 Å². The molecule has 0 unspecified atom stereocenters. The number of nitrogens with one attached hydrogen (secondary N) is 1. The summed E-state index contributed by atoms with van der Waals surface area (Å²) in [6.45, 7) is 2.98. The van der Waals surface area contributed by atoms with Crippen molar-refractivity contribution in [1.29, 1.82) is 0 Å². The van der Waals surface area contributed by atoms with Crippen LogP contribution >= 0.6 is 0 Å². The summed E-state index contributed by atoms with van der Waals surface area (Å²) in [6.07, 6.45) is 6.10. The Balaban J connectivity index is 1.58. The fourth-order valence-electron chi connectivity index (χ4n) is 3.63. The largest absolute Gasteiger partial charge is 0.371 e. The van der Waals surface area contributed by atoms with E-state index in [1.807, 2.05) is 18.2 Å². The number of anilines is 2. The molecule has 2 aliphatic rings. The monoisotopic (exact) mass is 365 g/mol. The van der Waals surface area contributed by atoms with Crippen LogP contribution in [0.1, 0.15) is 32.1 Å².